The molecule has 1 aliphatic rings. The van der Waals surface area contributed by atoms with Crippen LogP contribution >= 0.6 is 24.0 Å². The molecule has 0 saturated carbocycles. The highest BCUT2D eigenvalue weighted by Gasteiger charge is 2.15. The molecule has 26 heavy (non-hydrogen) atoms. The van der Waals surface area contributed by atoms with Gasteiger partial charge in [-0.05, 0) is 30.9 Å². The molecule has 0 saturated heterocycles. The van der Waals surface area contributed by atoms with Gasteiger partial charge in [0.05, 0.1) is 0 Å². The molecule has 3 rings (SSSR count). The molecule has 6 nitrogen and oxygen atoms in total. The summed E-state index contributed by atoms with van der Waals surface area (Å²) in [6.07, 6.45) is 5.04. The molecule has 140 valence electrons. The molecule has 0 aliphatic carbocycles. The maximum atomic E-state index is 5.13. The predicted molar refractivity (Wildman–Crippen MR) is 115 cm³/mol. The highest BCUT2D eigenvalue weighted by molar-refractivity contribution is 14.0. The fourth-order valence-electron chi connectivity index (χ4n) is 2.99. The lowest BCUT2D eigenvalue weighted by atomic mass is 10.00. The maximum absolute atomic E-state index is 5.13. The van der Waals surface area contributed by atoms with Gasteiger partial charge >= 0.3 is 0 Å². The van der Waals surface area contributed by atoms with E-state index in [0.717, 1.165) is 44.9 Å². The van der Waals surface area contributed by atoms with Gasteiger partial charge < -0.3 is 14.7 Å². The van der Waals surface area contributed by atoms with Gasteiger partial charge in [0.2, 0.25) is 5.89 Å². The van der Waals surface area contributed by atoms with Crippen molar-refractivity contribution in [2.75, 3.05) is 26.7 Å². The molecule has 1 aliphatic heterocycles. The van der Waals surface area contributed by atoms with E-state index in [4.69, 9.17) is 4.52 Å². The van der Waals surface area contributed by atoms with Crippen molar-refractivity contribution >= 4 is 35.5 Å². The van der Waals surface area contributed by atoms with Crippen LogP contribution in [-0.2, 0) is 6.42 Å². The van der Waals surface area contributed by atoms with E-state index >= 15 is 0 Å². The van der Waals surface area contributed by atoms with Crippen LogP contribution in [0.5, 0.6) is 0 Å². The normalized spacial score (nSPS) is 14.6. The Morgan fingerprint density at radius 1 is 1.31 bits per heavy atom. The van der Waals surface area contributed by atoms with Gasteiger partial charge in [-0.3, -0.25) is 4.99 Å². The van der Waals surface area contributed by atoms with Crippen LogP contribution in [0.3, 0.4) is 0 Å². The summed E-state index contributed by atoms with van der Waals surface area (Å²) in [5.41, 5.74) is 2.74. The molecule has 0 spiro atoms. The molecule has 0 atom stereocenters. The second-order valence-corrected chi connectivity index (χ2v) is 6.10. The molecule has 2 heterocycles. The number of hydrogen-bond donors (Lipinski definition) is 1. The van der Waals surface area contributed by atoms with E-state index in [2.05, 4.69) is 61.8 Å². The van der Waals surface area contributed by atoms with E-state index in [0.29, 0.717) is 11.7 Å². The quantitative estimate of drug-likeness (QED) is 0.317. The second-order valence-electron chi connectivity index (χ2n) is 6.10. The Bertz CT molecular complexity index is 741. The first-order valence-corrected chi connectivity index (χ1v) is 8.75. The van der Waals surface area contributed by atoms with Crippen LogP contribution in [-0.4, -0.2) is 47.7 Å². The molecule has 2 aromatic rings. The minimum atomic E-state index is 0. The summed E-state index contributed by atoms with van der Waals surface area (Å²) >= 11 is 0. The van der Waals surface area contributed by atoms with Crippen LogP contribution in [0, 0.1) is 6.92 Å². The molecule has 1 N–H and O–H groups in total. The summed E-state index contributed by atoms with van der Waals surface area (Å²) in [6.45, 7) is 4.52. The zero-order valence-corrected chi connectivity index (χ0v) is 17.6. The van der Waals surface area contributed by atoms with Gasteiger partial charge in [-0.15, -0.1) is 24.0 Å². The molecule has 0 bridgehead atoms. The summed E-state index contributed by atoms with van der Waals surface area (Å²) < 4.78 is 5.13. The molecular formula is C19H26IN5O. The fourth-order valence-corrected chi connectivity index (χ4v) is 2.99. The number of benzene rings is 1. The van der Waals surface area contributed by atoms with E-state index in [9.17, 15) is 0 Å². The van der Waals surface area contributed by atoms with Crippen molar-refractivity contribution < 1.29 is 4.52 Å². The highest BCUT2D eigenvalue weighted by Crippen LogP contribution is 2.21. The molecule has 1 aromatic heterocycles. The highest BCUT2D eigenvalue weighted by atomic mass is 127. The topological polar surface area (TPSA) is 66.5 Å². The van der Waals surface area contributed by atoms with Gasteiger partial charge in [0, 0.05) is 33.1 Å². The Kier molecular flexibility index (Phi) is 8.08. The lowest BCUT2D eigenvalue weighted by Crippen LogP contribution is -2.43. The number of aliphatic imine (C=N–C) groups is 1. The van der Waals surface area contributed by atoms with Gasteiger partial charge in [0.25, 0.3) is 0 Å². The fraction of sp³-hybridized carbons (Fsp3) is 0.421. The summed E-state index contributed by atoms with van der Waals surface area (Å²) in [5, 5.41) is 7.23. The summed E-state index contributed by atoms with van der Waals surface area (Å²) in [6, 6.07) is 10.6. The first kappa shape index (κ1) is 20.4. The van der Waals surface area contributed by atoms with Gasteiger partial charge in [-0.25, -0.2) is 0 Å². The van der Waals surface area contributed by atoms with Crippen molar-refractivity contribution in [3.05, 3.63) is 53.7 Å². The Morgan fingerprint density at radius 3 is 2.73 bits per heavy atom. The third kappa shape index (κ3) is 5.55. The molecule has 7 heteroatoms. The number of nitrogens with zero attached hydrogens (tertiary/aromatic N) is 4. The predicted octanol–water partition coefficient (Wildman–Crippen LogP) is 3.29. The zero-order chi connectivity index (χ0) is 17.5. The first-order chi connectivity index (χ1) is 12.3. The third-order valence-corrected chi connectivity index (χ3v) is 4.29. The molecule has 0 unspecified atom stereocenters. The van der Waals surface area contributed by atoms with E-state index in [1.807, 2.05) is 14.0 Å². The monoisotopic (exact) mass is 467 g/mol. The Morgan fingerprint density at radius 2 is 2.12 bits per heavy atom. The van der Waals surface area contributed by atoms with Crippen molar-refractivity contribution in [2.45, 2.75) is 26.2 Å². The lowest BCUT2D eigenvalue weighted by Gasteiger charge is -2.29. The molecule has 0 fully saturated rings. The number of hydrogen-bond acceptors (Lipinski definition) is 4. The molecular weight excluding hydrogens is 441 g/mol. The Hall–Kier alpha value is -1.90. The largest absolute Gasteiger partial charge is 0.356 e. The maximum Gasteiger partial charge on any atom is 0.226 e. The molecule has 1 aromatic carbocycles. The zero-order valence-electron chi connectivity index (χ0n) is 15.3. The number of nitrogens with one attached hydrogen (secondary N) is 1. The molecule has 0 amide bonds. The smallest absolute Gasteiger partial charge is 0.226 e. The number of guanidine groups is 1. The van der Waals surface area contributed by atoms with E-state index in [-0.39, 0.29) is 24.0 Å². The van der Waals surface area contributed by atoms with Crippen LogP contribution in [0.2, 0.25) is 0 Å². The number of halogens is 1. The van der Waals surface area contributed by atoms with Crippen LogP contribution in [0.4, 0.5) is 0 Å². The summed E-state index contributed by atoms with van der Waals surface area (Å²) in [5.74, 6) is 2.33. The Balaban J connectivity index is 0.00000243. The number of aryl methyl sites for hydroxylation is 2. The minimum absolute atomic E-state index is 0. The van der Waals surface area contributed by atoms with Crippen LogP contribution in [0.15, 0.2) is 45.9 Å². The van der Waals surface area contributed by atoms with Gasteiger partial charge in [0.15, 0.2) is 11.8 Å². The summed E-state index contributed by atoms with van der Waals surface area (Å²) in [7, 11) is 1.83. The van der Waals surface area contributed by atoms with Crippen LogP contribution in [0.1, 0.15) is 30.1 Å². The van der Waals surface area contributed by atoms with Crippen LogP contribution in [0.25, 0.3) is 5.57 Å². The van der Waals surface area contributed by atoms with E-state index in [1.165, 1.54) is 11.1 Å². The summed E-state index contributed by atoms with van der Waals surface area (Å²) in [4.78, 5) is 10.9. The van der Waals surface area contributed by atoms with Crippen molar-refractivity contribution in [3.8, 4) is 0 Å². The standard InChI is InChI=1S/C19H25N5O.HI/c1-15-22-18(25-23-15)9-6-12-21-19(20-2)24-13-10-17(11-14-24)16-7-4-3-5-8-16;/h3-5,7-8,10H,6,9,11-14H2,1-2H3,(H,20,21);1H. The third-order valence-electron chi connectivity index (χ3n) is 4.29. The van der Waals surface area contributed by atoms with Crippen molar-refractivity contribution in [3.63, 3.8) is 0 Å². The van der Waals surface area contributed by atoms with Crippen molar-refractivity contribution in [1.82, 2.24) is 20.4 Å². The second kappa shape index (κ2) is 10.3. The van der Waals surface area contributed by atoms with Gasteiger partial charge in [0.1, 0.15) is 0 Å². The average molecular weight is 467 g/mol. The van der Waals surface area contributed by atoms with E-state index in [1.54, 1.807) is 0 Å². The molecule has 0 radical (unpaired) electrons. The van der Waals surface area contributed by atoms with Crippen molar-refractivity contribution in [2.24, 2.45) is 4.99 Å². The Labute approximate surface area is 171 Å². The average Bonchev–Trinajstić information content (AvgIpc) is 3.08. The minimum Gasteiger partial charge on any atom is -0.356 e. The van der Waals surface area contributed by atoms with Crippen LogP contribution < -0.4 is 5.32 Å². The number of aromatic nitrogens is 2. The SMILES string of the molecule is CN=C(NCCCc1nc(C)no1)N1CC=C(c2ccccc2)CC1.I. The van der Waals surface area contributed by atoms with Gasteiger partial charge in [-0.1, -0.05) is 41.6 Å². The van der Waals surface area contributed by atoms with Crippen molar-refractivity contribution in [1.29, 1.82) is 0 Å². The first-order valence-electron chi connectivity index (χ1n) is 8.75. The lowest BCUT2D eigenvalue weighted by molar-refractivity contribution is 0.371. The number of rotatable bonds is 5. The van der Waals surface area contributed by atoms with E-state index < -0.39 is 0 Å². The van der Waals surface area contributed by atoms with Gasteiger partial charge in [-0.2, -0.15) is 4.98 Å².